The van der Waals surface area contributed by atoms with Gasteiger partial charge in [-0.25, -0.2) is 9.69 Å². The summed E-state index contributed by atoms with van der Waals surface area (Å²) in [4.78, 5) is 26.0. The summed E-state index contributed by atoms with van der Waals surface area (Å²) in [6.45, 7) is 2.13. The molecule has 108 valence electrons. The topological polar surface area (TPSA) is 79.3 Å². The molecule has 2 aliphatic rings. The molecule has 0 spiro atoms. The first-order valence-corrected chi connectivity index (χ1v) is 6.46. The van der Waals surface area contributed by atoms with Crippen LogP contribution in [0.1, 0.15) is 12.8 Å². The second-order valence-corrected chi connectivity index (χ2v) is 5.17. The maximum atomic E-state index is 11.9. The Morgan fingerprint density at radius 2 is 2.11 bits per heavy atom. The van der Waals surface area contributed by atoms with Crippen molar-refractivity contribution in [2.24, 2.45) is 0 Å². The Balaban J connectivity index is 1.81. The standard InChI is InChI=1S/C12H20N2O5/c1-13(9-12(17)2-5-18-6-3-12)8-10(15)14-4-7-19-11(14)16/h17H,2-9H2,1H3. The average molecular weight is 272 g/mol. The van der Waals surface area contributed by atoms with Gasteiger partial charge in [0, 0.05) is 32.6 Å². The summed E-state index contributed by atoms with van der Waals surface area (Å²) < 4.78 is 9.93. The molecule has 0 aromatic rings. The van der Waals surface area contributed by atoms with E-state index in [9.17, 15) is 14.7 Å². The number of imide groups is 1. The summed E-state index contributed by atoms with van der Waals surface area (Å²) in [7, 11) is 1.76. The zero-order chi connectivity index (χ0) is 13.9. The quantitative estimate of drug-likeness (QED) is 0.739. The van der Waals surface area contributed by atoms with Crippen LogP contribution < -0.4 is 0 Å². The largest absolute Gasteiger partial charge is 0.447 e. The van der Waals surface area contributed by atoms with E-state index in [2.05, 4.69) is 0 Å². The summed E-state index contributed by atoms with van der Waals surface area (Å²) >= 11 is 0. The average Bonchev–Trinajstić information content (AvgIpc) is 2.75. The summed E-state index contributed by atoms with van der Waals surface area (Å²) in [5.74, 6) is -0.291. The van der Waals surface area contributed by atoms with Crippen LogP contribution >= 0.6 is 0 Å². The van der Waals surface area contributed by atoms with Crippen LogP contribution in [0.25, 0.3) is 0 Å². The van der Waals surface area contributed by atoms with Crippen LogP contribution in [0.3, 0.4) is 0 Å². The van der Waals surface area contributed by atoms with E-state index in [-0.39, 0.29) is 19.1 Å². The van der Waals surface area contributed by atoms with E-state index in [0.29, 0.717) is 39.1 Å². The van der Waals surface area contributed by atoms with Crippen molar-refractivity contribution in [1.82, 2.24) is 9.80 Å². The van der Waals surface area contributed by atoms with Gasteiger partial charge in [0.25, 0.3) is 0 Å². The van der Waals surface area contributed by atoms with E-state index in [1.807, 2.05) is 0 Å². The summed E-state index contributed by atoms with van der Waals surface area (Å²) in [5.41, 5.74) is -0.807. The minimum atomic E-state index is -0.807. The third kappa shape index (κ3) is 3.65. The smallest absolute Gasteiger partial charge is 0.416 e. The Bertz CT molecular complexity index is 354. The molecule has 2 heterocycles. The number of hydrogen-bond acceptors (Lipinski definition) is 6. The van der Waals surface area contributed by atoms with Crippen molar-refractivity contribution in [1.29, 1.82) is 0 Å². The molecular formula is C12H20N2O5. The Morgan fingerprint density at radius 1 is 1.42 bits per heavy atom. The predicted octanol–water partition coefficient (Wildman–Crippen LogP) is -0.561. The molecule has 0 saturated carbocycles. The molecule has 2 fully saturated rings. The predicted molar refractivity (Wildman–Crippen MR) is 65.6 cm³/mol. The fourth-order valence-electron chi connectivity index (χ4n) is 2.40. The van der Waals surface area contributed by atoms with Gasteiger partial charge >= 0.3 is 6.09 Å². The molecular weight excluding hydrogens is 252 g/mol. The van der Waals surface area contributed by atoms with Gasteiger partial charge in [0.2, 0.25) is 5.91 Å². The number of rotatable bonds is 4. The molecule has 0 unspecified atom stereocenters. The molecule has 7 nitrogen and oxygen atoms in total. The highest BCUT2D eigenvalue weighted by atomic mass is 16.6. The fourth-order valence-corrected chi connectivity index (χ4v) is 2.40. The minimum Gasteiger partial charge on any atom is -0.447 e. The molecule has 0 aromatic heterocycles. The SMILES string of the molecule is CN(CC(=O)N1CCOC1=O)CC1(O)CCOCC1. The van der Waals surface area contributed by atoms with Crippen molar-refractivity contribution in [3.8, 4) is 0 Å². The zero-order valence-corrected chi connectivity index (χ0v) is 11.1. The van der Waals surface area contributed by atoms with Crippen LogP contribution in [0.15, 0.2) is 0 Å². The van der Waals surface area contributed by atoms with Crippen LogP contribution in [0.5, 0.6) is 0 Å². The molecule has 7 heteroatoms. The highest BCUT2D eigenvalue weighted by molar-refractivity contribution is 5.93. The maximum Gasteiger partial charge on any atom is 0.416 e. The molecule has 1 N–H and O–H groups in total. The van der Waals surface area contributed by atoms with Crippen molar-refractivity contribution in [3.63, 3.8) is 0 Å². The summed E-state index contributed by atoms with van der Waals surface area (Å²) in [6, 6.07) is 0. The molecule has 2 aliphatic heterocycles. The van der Waals surface area contributed by atoms with Gasteiger partial charge in [-0.05, 0) is 7.05 Å². The number of cyclic esters (lactones) is 1. The van der Waals surface area contributed by atoms with Crippen molar-refractivity contribution < 1.29 is 24.2 Å². The van der Waals surface area contributed by atoms with Gasteiger partial charge in [0.05, 0.1) is 18.7 Å². The Labute approximate surface area is 112 Å². The number of carbonyl (C=O) groups is 2. The number of amides is 2. The normalized spacial score (nSPS) is 22.7. The van der Waals surface area contributed by atoms with E-state index in [1.165, 1.54) is 0 Å². The molecule has 0 aliphatic carbocycles. The molecule has 0 aromatic carbocycles. The highest BCUT2D eigenvalue weighted by Gasteiger charge is 2.33. The Hall–Kier alpha value is -1.18. The molecule has 0 bridgehead atoms. The third-order valence-electron chi connectivity index (χ3n) is 3.45. The monoisotopic (exact) mass is 272 g/mol. The van der Waals surface area contributed by atoms with Crippen LogP contribution in [-0.4, -0.2) is 79.0 Å². The first-order chi connectivity index (χ1) is 9.00. The minimum absolute atomic E-state index is 0.0955. The van der Waals surface area contributed by atoms with E-state index in [4.69, 9.17) is 9.47 Å². The number of ether oxygens (including phenoxy) is 2. The Kier molecular flexibility index (Phi) is 4.38. The van der Waals surface area contributed by atoms with Crippen molar-refractivity contribution in [2.75, 3.05) is 46.5 Å². The lowest BCUT2D eigenvalue weighted by Crippen LogP contribution is -2.48. The van der Waals surface area contributed by atoms with Gasteiger partial charge in [0.1, 0.15) is 6.61 Å². The highest BCUT2D eigenvalue weighted by Crippen LogP contribution is 2.21. The molecule has 0 radical (unpaired) electrons. The molecule has 2 rings (SSSR count). The second-order valence-electron chi connectivity index (χ2n) is 5.17. The number of carbonyl (C=O) groups excluding carboxylic acids is 2. The van der Waals surface area contributed by atoms with Gasteiger partial charge in [-0.2, -0.15) is 0 Å². The maximum absolute atomic E-state index is 11.9. The first-order valence-electron chi connectivity index (χ1n) is 6.46. The van der Waals surface area contributed by atoms with Crippen molar-refractivity contribution in [2.45, 2.75) is 18.4 Å². The van der Waals surface area contributed by atoms with Gasteiger partial charge in [-0.3, -0.25) is 9.69 Å². The van der Waals surface area contributed by atoms with E-state index in [0.717, 1.165) is 4.90 Å². The van der Waals surface area contributed by atoms with Crippen LogP contribution in [-0.2, 0) is 14.3 Å². The van der Waals surface area contributed by atoms with Crippen LogP contribution in [0.4, 0.5) is 4.79 Å². The van der Waals surface area contributed by atoms with Gasteiger partial charge in [-0.15, -0.1) is 0 Å². The molecule has 2 amide bonds. The summed E-state index contributed by atoms with van der Waals surface area (Å²) in [5, 5.41) is 10.3. The number of aliphatic hydroxyl groups is 1. The van der Waals surface area contributed by atoms with Gasteiger partial charge in [0.15, 0.2) is 0 Å². The second kappa shape index (κ2) is 5.85. The molecule has 19 heavy (non-hydrogen) atoms. The third-order valence-corrected chi connectivity index (χ3v) is 3.45. The van der Waals surface area contributed by atoms with Crippen LogP contribution in [0, 0.1) is 0 Å². The first kappa shape index (κ1) is 14.2. The van der Waals surface area contributed by atoms with Gasteiger partial charge in [-0.1, -0.05) is 0 Å². The van der Waals surface area contributed by atoms with Crippen LogP contribution in [0.2, 0.25) is 0 Å². The Morgan fingerprint density at radius 3 is 2.68 bits per heavy atom. The van der Waals surface area contributed by atoms with E-state index < -0.39 is 11.7 Å². The van der Waals surface area contributed by atoms with Crippen molar-refractivity contribution in [3.05, 3.63) is 0 Å². The fraction of sp³-hybridized carbons (Fsp3) is 0.833. The lowest BCUT2D eigenvalue weighted by molar-refractivity contribution is -0.130. The number of likely N-dealkylation sites (N-methyl/N-ethyl adjacent to an activating group) is 1. The molecule has 0 atom stereocenters. The number of hydrogen-bond donors (Lipinski definition) is 1. The molecule has 2 saturated heterocycles. The van der Waals surface area contributed by atoms with E-state index >= 15 is 0 Å². The van der Waals surface area contributed by atoms with Crippen molar-refractivity contribution >= 4 is 12.0 Å². The van der Waals surface area contributed by atoms with Gasteiger partial charge < -0.3 is 14.6 Å². The van der Waals surface area contributed by atoms with E-state index in [1.54, 1.807) is 11.9 Å². The zero-order valence-electron chi connectivity index (χ0n) is 11.1. The lowest BCUT2D eigenvalue weighted by Gasteiger charge is -2.35. The number of nitrogens with zero attached hydrogens (tertiary/aromatic N) is 2. The lowest BCUT2D eigenvalue weighted by atomic mass is 9.94. The summed E-state index contributed by atoms with van der Waals surface area (Å²) in [6.07, 6.45) is 0.553.